The summed E-state index contributed by atoms with van der Waals surface area (Å²) in [4.78, 5) is 0. The minimum Gasteiger partial charge on any atom is -0.385 e. The first kappa shape index (κ1) is 25.9. The molecule has 26 heavy (non-hydrogen) atoms. The summed E-state index contributed by atoms with van der Waals surface area (Å²) in [6, 6.07) is 0. The van der Waals surface area contributed by atoms with E-state index in [-0.39, 0.29) is 0 Å². The van der Waals surface area contributed by atoms with E-state index in [0.29, 0.717) is 12.2 Å². The van der Waals surface area contributed by atoms with Gasteiger partial charge >= 0.3 is 0 Å². The molecular formula is C23H48O3. The standard InChI is InChI=1S/C12H22O2.C7H14O.2C2H6/c1-13-7-2-3-8-14-11-9-12(10-11)5-4-6-12;1-3-6-4-7(5-6)8-2;2*1-2/h11H,2-10H2,1H3;6-7H,3-5H2,1-2H3;2*1-2H3. The average Bonchev–Trinajstić information content (AvgIpc) is 2.58. The molecule has 0 saturated heterocycles. The van der Waals surface area contributed by atoms with Gasteiger partial charge in [-0.1, -0.05) is 47.5 Å². The van der Waals surface area contributed by atoms with Crippen LogP contribution in [0.25, 0.3) is 0 Å². The Hall–Kier alpha value is -0.120. The molecule has 0 aromatic rings. The van der Waals surface area contributed by atoms with Crippen molar-refractivity contribution >= 4 is 0 Å². The molecule has 0 aromatic heterocycles. The van der Waals surface area contributed by atoms with E-state index in [2.05, 4.69) is 6.92 Å². The molecule has 3 rings (SSSR count). The second-order valence-electron chi connectivity index (χ2n) is 7.56. The predicted molar refractivity (Wildman–Crippen MR) is 113 cm³/mol. The second-order valence-corrected chi connectivity index (χ2v) is 7.56. The Balaban J connectivity index is 0.000000444. The van der Waals surface area contributed by atoms with Crippen LogP contribution in [0.5, 0.6) is 0 Å². The molecule has 0 aliphatic heterocycles. The van der Waals surface area contributed by atoms with Crippen LogP contribution in [0.15, 0.2) is 0 Å². The fourth-order valence-corrected chi connectivity index (χ4v) is 3.91. The zero-order valence-electron chi connectivity index (χ0n) is 18.9. The van der Waals surface area contributed by atoms with Gasteiger partial charge in [-0.05, 0) is 62.7 Å². The maximum absolute atomic E-state index is 5.80. The number of ether oxygens (including phenoxy) is 3. The van der Waals surface area contributed by atoms with Crippen LogP contribution in [0.2, 0.25) is 0 Å². The van der Waals surface area contributed by atoms with E-state index in [1.165, 1.54) is 51.4 Å². The number of unbranched alkanes of at least 4 members (excludes halogenated alkanes) is 1. The van der Waals surface area contributed by atoms with Crippen molar-refractivity contribution in [2.45, 2.75) is 111 Å². The molecule has 3 fully saturated rings. The van der Waals surface area contributed by atoms with Crippen LogP contribution < -0.4 is 0 Å². The van der Waals surface area contributed by atoms with Gasteiger partial charge in [-0.25, -0.2) is 0 Å². The van der Waals surface area contributed by atoms with Gasteiger partial charge in [-0.15, -0.1) is 0 Å². The van der Waals surface area contributed by atoms with Crippen LogP contribution in [-0.2, 0) is 14.2 Å². The van der Waals surface area contributed by atoms with Crippen LogP contribution in [0.4, 0.5) is 0 Å². The van der Waals surface area contributed by atoms with Gasteiger partial charge in [0.15, 0.2) is 0 Å². The smallest absolute Gasteiger partial charge is 0.0585 e. The summed E-state index contributed by atoms with van der Waals surface area (Å²) in [6.45, 7) is 12.1. The maximum atomic E-state index is 5.80. The fourth-order valence-electron chi connectivity index (χ4n) is 3.91. The topological polar surface area (TPSA) is 27.7 Å². The van der Waals surface area contributed by atoms with E-state index in [1.54, 1.807) is 14.2 Å². The molecule has 0 heterocycles. The molecule has 158 valence electrons. The molecule has 0 bridgehead atoms. The first-order valence-corrected chi connectivity index (χ1v) is 11.3. The molecule has 0 aromatic carbocycles. The van der Waals surface area contributed by atoms with Gasteiger partial charge in [0.2, 0.25) is 0 Å². The minimum atomic E-state index is 0.595. The molecule has 0 atom stereocenters. The van der Waals surface area contributed by atoms with E-state index in [9.17, 15) is 0 Å². The Morgan fingerprint density at radius 2 is 1.42 bits per heavy atom. The SMILES string of the molecule is CC.CC.CCC1CC(OC)C1.COCCCCOC1CC2(CCC2)C1. The number of methoxy groups -OCH3 is 2. The van der Waals surface area contributed by atoms with Crippen molar-refractivity contribution in [3.05, 3.63) is 0 Å². The third-order valence-corrected chi connectivity index (χ3v) is 5.94. The lowest BCUT2D eigenvalue weighted by Crippen LogP contribution is -2.47. The highest BCUT2D eigenvalue weighted by molar-refractivity contribution is 4.99. The fraction of sp³-hybridized carbons (Fsp3) is 1.00. The zero-order chi connectivity index (χ0) is 19.8. The van der Waals surface area contributed by atoms with Crippen molar-refractivity contribution in [3.8, 4) is 0 Å². The van der Waals surface area contributed by atoms with E-state index in [1.807, 2.05) is 27.7 Å². The lowest BCUT2D eigenvalue weighted by atomic mass is 9.55. The summed E-state index contributed by atoms with van der Waals surface area (Å²) >= 11 is 0. The van der Waals surface area contributed by atoms with E-state index >= 15 is 0 Å². The summed E-state index contributed by atoms with van der Waals surface area (Å²) in [6.07, 6.45) is 14.5. The number of hydrogen-bond acceptors (Lipinski definition) is 3. The van der Waals surface area contributed by atoms with Gasteiger partial charge in [0.1, 0.15) is 0 Å². The van der Waals surface area contributed by atoms with Crippen molar-refractivity contribution in [1.82, 2.24) is 0 Å². The molecule has 3 saturated carbocycles. The molecule has 0 radical (unpaired) electrons. The van der Waals surface area contributed by atoms with Gasteiger partial charge in [0.25, 0.3) is 0 Å². The van der Waals surface area contributed by atoms with Gasteiger partial charge in [0, 0.05) is 27.4 Å². The van der Waals surface area contributed by atoms with Crippen LogP contribution in [-0.4, -0.2) is 39.6 Å². The lowest BCUT2D eigenvalue weighted by molar-refractivity contribution is -0.117. The van der Waals surface area contributed by atoms with Crippen LogP contribution in [0, 0.1) is 11.3 Å². The van der Waals surface area contributed by atoms with Gasteiger partial charge in [0.05, 0.1) is 12.2 Å². The molecule has 3 aliphatic carbocycles. The molecule has 3 heteroatoms. The van der Waals surface area contributed by atoms with Gasteiger partial charge in [-0.2, -0.15) is 0 Å². The summed E-state index contributed by atoms with van der Waals surface area (Å²) in [5.74, 6) is 0.972. The molecule has 0 amide bonds. The maximum Gasteiger partial charge on any atom is 0.0585 e. The summed E-state index contributed by atoms with van der Waals surface area (Å²) < 4.78 is 15.9. The molecule has 0 N–H and O–H groups in total. The van der Waals surface area contributed by atoms with Crippen LogP contribution >= 0.6 is 0 Å². The third-order valence-electron chi connectivity index (χ3n) is 5.94. The van der Waals surface area contributed by atoms with E-state index in [0.717, 1.165) is 37.4 Å². The Labute approximate surface area is 164 Å². The van der Waals surface area contributed by atoms with Crippen molar-refractivity contribution < 1.29 is 14.2 Å². The van der Waals surface area contributed by atoms with Gasteiger partial charge < -0.3 is 14.2 Å². The molecular weight excluding hydrogens is 324 g/mol. The lowest BCUT2D eigenvalue weighted by Gasteiger charge is -2.53. The highest BCUT2D eigenvalue weighted by atomic mass is 16.5. The Kier molecular flexibility index (Phi) is 15.8. The largest absolute Gasteiger partial charge is 0.385 e. The van der Waals surface area contributed by atoms with Gasteiger partial charge in [-0.3, -0.25) is 0 Å². The van der Waals surface area contributed by atoms with Crippen molar-refractivity contribution in [2.75, 3.05) is 27.4 Å². The van der Waals surface area contributed by atoms with Crippen molar-refractivity contribution in [3.63, 3.8) is 0 Å². The summed E-state index contributed by atoms with van der Waals surface area (Å²) in [5.41, 5.74) is 0.761. The monoisotopic (exact) mass is 372 g/mol. The first-order chi connectivity index (χ1) is 12.7. The van der Waals surface area contributed by atoms with E-state index < -0.39 is 0 Å². The van der Waals surface area contributed by atoms with Crippen LogP contribution in [0.1, 0.15) is 98.8 Å². The quantitative estimate of drug-likeness (QED) is 0.447. The second kappa shape index (κ2) is 15.9. The molecule has 3 nitrogen and oxygen atoms in total. The predicted octanol–water partition coefficient (Wildman–Crippen LogP) is 6.64. The molecule has 1 spiro atoms. The Morgan fingerprint density at radius 1 is 0.846 bits per heavy atom. The highest BCUT2D eigenvalue weighted by Gasteiger charge is 2.48. The number of rotatable bonds is 8. The first-order valence-electron chi connectivity index (χ1n) is 11.3. The third kappa shape index (κ3) is 9.19. The zero-order valence-corrected chi connectivity index (χ0v) is 18.9. The summed E-state index contributed by atoms with van der Waals surface area (Å²) in [7, 11) is 3.56. The van der Waals surface area contributed by atoms with Crippen molar-refractivity contribution in [1.29, 1.82) is 0 Å². The summed E-state index contributed by atoms with van der Waals surface area (Å²) in [5, 5.41) is 0. The molecule has 0 unspecified atom stereocenters. The minimum absolute atomic E-state index is 0.595. The Bertz CT molecular complexity index is 280. The normalized spacial score (nSPS) is 25.0. The van der Waals surface area contributed by atoms with Crippen molar-refractivity contribution in [2.24, 2.45) is 11.3 Å². The van der Waals surface area contributed by atoms with Crippen LogP contribution in [0.3, 0.4) is 0 Å². The van der Waals surface area contributed by atoms with E-state index in [4.69, 9.17) is 14.2 Å². The Morgan fingerprint density at radius 3 is 1.85 bits per heavy atom. The highest BCUT2D eigenvalue weighted by Crippen LogP contribution is 2.56. The number of hydrogen-bond donors (Lipinski definition) is 0. The average molecular weight is 373 g/mol. The molecule has 3 aliphatic rings.